The lowest BCUT2D eigenvalue weighted by Gasteiger charge is -2.00. The molecule has 1 rings (SSSR count). The molecule has 0 spiro atoms. The van der Waals surface area contributed by atoms with Gasteiger partial charge >= 0.3 is 5.97 Å². The molecule has 1 aliphatic heterocycles. The minimum Gasteiger partial charge on any atom is -0.448 e. The Balaban J connectivity index is 2.40. The van der Waals surface area contributed by atoms with Gasteiger partial charge in [-0.2, -0.15) is 0 Å². The molecule has 54 valence electrons. The molecule has 0 amide bonds. The van der Waals surface area contributed by atoms with Crippen molar-refractivity contribution >= 4 is 5.97 Å². The smallest absolute Gasteiger partial charge is 0.331 e. The second kappa shape index (κ2) is 2.47. The molecule has 0 bridgehead atoms. The van der Waals surface area contributed by atoms with E-state index in [9.17, 15) is 14.9 Å². The van der Waals surface area contributed by atoms with Crippen LogP contribution in [0.15, 0.2) is 12.2 Å². The zero-order chi connectivity index (χ0) is 7.56. The van der Waals surface area contributed by atoms with E-state index in [1.54, 1.807) is 0 Å². The molecular formula is C5H5NO4. The van der Waals surface area contributed by atoms with Gasteiger partial charge in [0.05, 0.1) is 0 Å². The zero-order valence-corrected chi connectivity index (χ0v) is 5.02. The Labute approximate surface area is 56.4 Å². The molecule has 1 heterocycles. The first kappa shape index (κ1) is 6.73. The van der Waals surface area contributed by atoms with Crippen molar-refractivity contribution in [3.8, 4) is 0 Å². The molecule has 1 aliphatic rings. The van der Waals surface area contributed by atoms with Crippen molar-refractivity contribution < 1.29 is 14.5 Å². The molecule has 0 aliphatic carbocycles. The van der Waals surface area contributed by atoms with Crippen LogP contribution in [0.4, 0.5) is 0 Å². The zero-order valence-electron chi connectivity index (χ0n) is 5.02. The largest absolute Gasteiger partial charge is 0.448 e. The maximum atomic E-state index is 10.3. The summed E-state index contributed by atoms with van der Waals surface area (Å²) in [5.74, 6) is -0.508. The lowest BCUT2D eigenvalue weighted by molar-refractivity contribution is -0.487. The monoisotopic (exact) mass is 143 g/mol. The van der Waals surface area contributed by atoms with Crippen molar-refractivity contribution in [1.82, 2.24) is 0 Å². The number of carbonyl (C=O) groups excluding carboxylic acids is 1. The standard InChI is InChI=1S/C5H5NO4/c7-5-2-1-4(10-5)3-6(8)9/h1-2,4H,3H2. The number of carbonyl (C=O) groups is 1. The number of cyclic esters (lactones) is 1. The van der Waals surface area contributed by atoms with Gasteiger partial charge < -0.3 is 4.74 Å². The number of hydrogen-bond acceptors (Lipinski definition) is 4. The molecule has 0 saturated carbocycles. The van der Waals surface area contributed by atoms with Crippen LogP contribution in [-0.4, -0.2) is 23.5 Å². The molecule has 1 unspecified atom stereocenters. The van der Waals surface area contributed by atoms with E-state index < -0.39 is 17.0 Å². The Kier molecular flexibility index (Phi) is 1.66. The molecule has 5 heteroatoms. The van der Waals surface area contributed by atoms with Crippen molar-refractivity contribution in [1.29, 1.82) is 0 Å². The molecule has 0 aromatic heterocycles. The maximum absolute atomic E-state index is 10.3. The van der Waals surface area contributed by atoms with Crippen LogP contribution in [0.25, 0.3) is 0 Å². The highest BCUT2D eigenvalue weighted by Gasteiger charge is 2.20. The van der Waals surface area contributed by atoms with Crippen LogP contribution in [0.1, 0.15) is 0 Å². The van der Waals surface area contributed by atoms with Gasteiger partial charge in [-0.1, -0.05) is 0 Å². The van der Waals surface area contributed by atoms with Crippen LogP contribution < -0.4 is 0 Å². The molecule has 0 aromatic carbocycles. The van der Waals surface area contributed by atoms with E-state index in [0.29, 0.717) is 0 Å². The molecule has 5 nitrogen and oxygen atoms in total. The molecule has 0 radical (unpaired) electrons. The van der Waals surface area contributed by atoms with Gasteiger partial charge in [0, 0.05) is 11.0 Å². The molecular weight excluding hydrogens is 138 g/mol. The summed E-state index contributed by atoms with van der Waals surface area (Å²) in [6.45, 7) is -0.345. The summed E-state index contributed by atoms with van der Waals surface area (Å²) in [5, 5.41) is 9.84. The van der Waals surface area contributed by atoms with Crippen LogP contribution in [0.5, 0.6) is 0 Å². The van der Waals surface area contributed by atoms with Crippen molar-refractivity contribution in [3.05, 3.63) is 22.3 Å². The van der Waals surface area contributed by atoms with E-state index in [4.69, 9.17) is 0 Å². The lowest BCUT2D eigenvalue weighted by atomic mass is 10.3. The maximum Gasteiger partial charge on any atom is 0.331 e. The van der Waals surface area contributed by atoms with Crippen LogP contribution in [0.3, 0.4) is 0 Å². The van der Waals surface area contributed by atoms with Gasteiger partial charge in [0.1, 0.15) is 0 Å². The molecule has 10 heavy (non-hydrogen) atoms. The van der Waals surface area contributed by atoms with Gasteiger partial charge in [0.15, 0.2) is 6.10 Å². The SMILES string of the molecule is O=C1C=CC(C[N+](=O)[O-])O1. The summed E-state index contributed by atoms with van der Waals surface area (Å²) in [6, 6.07) is 0. The fourth-order valence-corrected chi connectivity index (χ4v) is 0.659. The number of rotatable bonds is 2. The first-order chi connectivity index (χ1) is 4.68. The van der Waals surface area contributed by atoms with E-state index in [-0.39, 0.29) is 6.54 Å². The van der Waals surface area contributed by atoms with Crippen LogP contribution in [-0.2, 0) is 9.53 Å². The van der Waals surface area contributed by atoms with Gasteiger partial charge in [-0.25, -0.2) is 4.79 Å². The van der Waals surface area contributed by atoms with Crippen molar-refractivity contribution in [3.63, 3.8) is 0 Å². The number of nitro groups is 1. The summed E-state index contributed by atoms with van der Waals surface area (Å²) in [6.07, 6.45) is 1.90. The second-order valence-electron chi connectivity index (χ2n) is 1.85. The molecule has 0 aromatic rings. The third-order valence-electron chi connectivity index (χ3n) is 1.04. The predicted molar refractivity (Wildman–Crippen MR) is 30.9 cm³/mol. The summed E-state index contributed by atoms with van der Waals surface area (Å²) in [5.41, 5.74) is 0. The van der Waals surface area contributed by atoms with Crippen LogP contribution in [0, 0.1) is 10.1 Å². The third kappa shape index (κ3) is 1.54. The van der Waals surface area contributed by atoms with E-state index in [1.807, 2.05) is 0 Å². The minimum atomic E-state index is -0.664. The highest BCUT2D eigenvalue weighted by atomic mass is 16.6. The van der Waals surface area contributed by atoms with E-state index in [2.05, 4.69) is 4.74 Å². The topological polar surface area (TPSA) is 69.4 Å². The van der Waals surface area contributed by atoms with Crippen molar-refractivity contribution in [2.24, 2.45) is 0 Å². The number of esters is 1. The van der Waals surface area contributed by atoms with Gasteiger partial charge in [0.25, 0.3) is 0 Å². The summed E-state index contributed by atoms with van der Waals surface area (Å²) in [7, 11) is 0. The van der Waals surface area contributed by atoms with Crippen LogP contribution in [0.2, 0.25) is 0 Å². The van der Waals surface area contributed by atoms with Crippen molar-refractivity contribution in [2.45, 2.75) is 6.10 Å². The quantitative estimate of drug-likeness (QED) is 0.303. The minimum absolute atomic E-state index is 0.345. The van der Waals surface area contributed by atoms with Gasteiger partial charge in [-0.3, -0.25) is 10.1 Å². The lowest BCUT2D eigenvalue weighted by Crippen LogP contribution is -2.18. The first-order valence-corrected chi connectivity index (χ1v) is 2.69. The van der Waals surface area contributed by atoms with Gasteiger partial charge in [-0.05, 0) is 6.08 Å². The Morgan fingerprint density at radius 2 is 2.50 bits per heavy atom. The predicted octanol–water partition coefficient (Wildman–Crippen LogP) is -0.255. The Morgan fingerprint density at radius 1 is 1.80 bits per heavy atom. The molecule has 0 saturated heterocycles. The second-order valence-corrected chi connectivity index (χ2v) is 1.85. The summed E-state index contributed by atoms with van der Waals surface area (Å²) < 4.78 is 4.48. The normalized spacial score (nSPS) is 22.8. The average molecular weight is 143 g/mol. The Bertz CT molecular complexity index is 198. The Morgan fingerprint density at radius 3 is 2.90 bits per heavy atom. The molecule has 0 fully saturated rings. The third-order valence-corrected chi connectivity index (χ3v) is 1.04. The van der Waals surface area contributed by atoms with Gasteiger partial charge in [-0.15, -0.1) is 0 Å². The van der Waals surface area contributed by atoms with Crippen LogP contribution >= 0.6 is 0 Å². The van der Waals surface area contributed by atoms with Crippen molar-refractivity contribution in [2.75, 3.05) is 6.54 Å². The first-order valence-electron chi connectivity index (χ1n) is 2.69. The fourth-order valence-electron chi connectivity index (χ4n) is 0.659. The van der Waals surface area contributed by atoms with E-state index in [1.165, 1.54) is 12.2 Å². The Hall–Kier alpha value is -1.39. The average Bonchev–Trinajstić information content (AvgIpc) is 2.13. The van der Waals surface area contributed by atoms with E-state index >= 15 is 0 Å². The van der Waals surface area contributed by atoms with E-state index in [0.717, 1.165) is 0 Å². The number of nitrogens with zero attached hydrogens (tertiary/aromatic N) is 1. The number of hydrogen-bond donors (Lipinski definition) is 0. The summed E-state index contributed by atoms with van der Waals surface area (Å²) in [4.78, 5) is 19.6. The highest BCUT2D eigenvalue weighted by Crippen LogP contribution is 2.03. The highest BCUT2D eigenvalue weighted by molar-refractivity contribution is 5.84. The molecule has 1 atom stereocenters. The van der Waals surface area contributed by atoms with Gasteiger partial charge in [0.2, 0.25) is 6.54 Å². The summed E-state index contributed by atoms with van der Waals surface area (Å²) >= 11 is 0. The number of ether oxygens (including phenoxy) is 1. The fraction of sp³-hybridized carbons (Fsp3) is 0.400. The molecule has 0 N–H and O–H groups in total.